The highest BCUT2D eigenvalue weighted by Crippen LogP contribution is 2.37. The van der Waals surface area contributed by atoms with Crippen molar-refractivity contribution < 1.29 is 22.7 Å². The third-order valence-corrected chi connectivity index (χ3v) is 7.38. The summed E-state index contributed by atoms with van der Waals surface area (Å²) in [7, 11) is -0.765. The molecule has 1 heterocycles. The summed E-state index contributed by atoms with van der Waals surface area (Å²) in [6.45, 7) is 2.46. The second-order valence-electron chi connectivity index (χ2n) is 8.59. The van der Waals surface area contributed by atoms with Crippen molar-refractivity contribution in [2.45, 2.75) is 6.54 Å². The number of sulfonamides is 1. The monoisotopic (exact) mass is 509 g/mol. The van der Waals surface area contributed by atoms with Crippen LogP contribution in [0.1, 0.15) is 15.9 Å². The number of hydrogen-bond donors (Lipinski definition) is 0. The first-order valence-electron chi connectivity index (χ1n) is 11.7. The lowest BCUT2D eigenvalue weighted by Gasteiger charge is -2.37. The van der Waals surface area contributed by atoms with Crippen LogP contribution in [0.5, 0.6) is 11.5 Å². The summed E-state index contributed by atoms with van der Waals surface area (Å²) in [4.78, 5) is 17.8. The zero-order valence-electron chi connectivity index (χ0n) is 20.8. The molecule has 0 aromatic heterocycles. The van der Waals surface area contributed by atoms with Gasteiger partial charge in [0.1, 0.15) is 0 Å². The standard InChI is InChI=1S/C27H31N3O5S/c1-34-25-18-23(27(31)29-16-14-28(15-17-29)22-12-8-5-9-13-22)24(19-26(25)35-2)30(36(3,32)33)20-21-10-6-4-7-11-21/h4-13,18-19H,14-17,20H2,1-3H3. The van der Waals surface area contributed by atoms with E-state index in [1.165, 1.54) is 18.5 Å². The van der Waals surface area contributed by atoms with Crippen molar-refractivity contribution in [2.75, 3.05) is 55.9 Å². The van der Waals surface area contributed by atoms with Crippen LogP contribution in [-0.2, 0) is 16.6 Å². The number of para-hydroxylation sites is 1. The summed E-state index contributed by atoms with van der Waals surface area (Å²) >= 11 is 0. The lowest BCUT2D eigenvalue weighted by atomic mass is 10.1. The molecular formula is C27H31N3O5S. The van der Waals surface area contributed by atoms with E-state index in [0.29, 0.717) is 37.7 Å². The second kappa shape index (κ2) is 10.9. The first-order chi connectivity index (χ1) is 17.3. The molecule has 0 radical (unpaired) electrons. The van der Waals surface area contributed by atoms with E-state index in [2.05, 4.69) is 17.0 Å². The van der Waals surface area contributed by atoms with Gasteiger partial charge in [-0.25, -0.2) is 8.42 Å². The highest BCUT2D eigenvalue weighted by atomic mass is 32.2. The number of carbonyl (C=O) groups is 1. The topological polar surface area (TPSA) is 79.4 Å². The van der Waals surface area contributed by atoms with Crippen molar-refractivity contribution in [3.05, 3.63) is 83.9 Å². The number of amides is 1. The van der Waals surface area contributed by atoms with Gasteiger partial charge in [0.05, 0.1) is 38.3 Å². The molecule has 9 heteroatoms. The Morgan fingerprint density at radius 1 is 0.861 bits per heavy atom. The third-order valence-electron chi connectivity index (χ3n) is 6.26. The Kier molecular flexibility index (Phi) is 7.69. The maximum Gasteiger partial charge on any atom is 0.256 e. The molecule has 1 amide bonds. The Balaban J connectivity index is 1.69. The van der Waals surface area contributed by atoms with E-state index in [-0.39, 0.29) is 23.7 Å². The number of anilines is 2. The van der Waals surface area contributed by atoms with E-state index in [4.69, 9.17) is 9.47 Å². The molecule has 1 fully saturated rings. The summed E-state index contributed by atoms with van der Waals surface area (Å²) in [6.07, 6.45) is 1.14. The Hall–Kier alpha value is -3.72. The molecule has 0 spiro atoms. The van der Waals surface area contributed by atoms with Crippen LogP contribution in [0.25, 0.3) is 0 Å². The molecule has 0 aliphatic carbocycles. The average molecular weight is 510 g/mol. The van der Waals surface area contributed by atoms with Gasteiger partial charge in [-0.05, 0) is 23.8 Å². The molecule has 36 heavy (non-hydrogen) atoms. The van der Waals surface area contributed by atoms with Crippen molar-refractivity contribution in [1.82, 2.24) is 4.90 Å². The minimum atomic E-state index is -3.73. The van der Waals surface area contributed by atoms with Gasteiger partial charge >= 0.3 is 0 Å². The Morgan fingerprint density at radius 3 is 1.97 bits per heavy atom. The van der Waals surface area contributed by atoms with E-state index in [1.807, 2.05) is 48.5 Å². The van der Waals surface area contributed by atoms with Crippen LogP contribution in [0.3, 0.4) is 0 Å². The number of piperazine rings is 1. The van der Waals surface area contributed by atoms with Crippen molar-refractivity contribution in [2.24, 2.45) is 0 Å². The largest absolute Gasteiger partial charge is 0.493 e. The molecule has 0 atom stereocenters. The van der Waals surface area contributed by atoms with Gasteiger partial charge in [-0.2, -0.15) is 0 Å². The van der Waals surface area contributed by atoms with Crippen LogP contribution in [0.4, 0.5) is 11.4 Å². The van der Waals surface area contributed by atoms with E-state index in [0.717, 1.165) is 17.5 Å². The summed E-state index contributed by atoms with van der Waals surface area (Å²) in [5, 5.41) is 0. The molecule has 0 saturated carbocycles. The van der Waals surface area contributed by atoms with Gasteiger partial charge in [-0.15, -0.1) is 0 Å². The molecule has 8 nitrogen and oxygen atoms in total. The predicted octanol–water partition coefficient (Wildman–Crippen LogP) is 3.63. The summed E-state index contributed by atoms with van der Waals surface area (Å²) in [5.41, 5.74) is 2.42. The van der Waals surface area contributed by atoms with Crippen LogP contribution in [-0.4, -0.2) is 65.9 Å². The van der Waals surface area contributed by atoms with Crippen LogP contribution in [0.2, 0.25) is 0 Å². The third kappa shape index (κ3) is 5.57. The van der Waals surface area contributed by atoms with Crippen molar-refractivity contribution >= 4 is 27.3 Å². The SMILES string of the molecule is COc1cc(C(=O)N2CCN(c3ccccc3)CC2)c(N(Cc2ccccc2)S(C)(=O)=O)cc1OC. The normalized spacial score (nSPS) is 13.9. The summed E-state index contributed by atoms with van der Waals surface area (Å²) in [5.74, 6) is 0.459. The van der Waals surface area contributed by atoms with Gasteiger partial charge in [0.15, 0.2) is 11.5 Å². The number of nitrogens with zero attached hydrogens (tertiary/aromatic N) is 3. The van der Waals surface area contributed by atoms with E-state index >= 15 is 0 Å². The van der Waals surface area contributed by atoms with Crippen molar-refractivity contribution in [3.63, 3.8) is 0 Å². The molecule has 1 aliphatic rings. The first-order valence-corrected chi connectivity index (χ1v) is 13.5. The fourth-order valence-corrected chi connectivity index (χ4v) is 5.25. The minimum absolute atomic E-state index is 0.0806. The Labute approximate surface area is 212 Å². The number of rotatable bonds is 8. The molecule has 0 unspecified atom stereocenters. The van der Waals surface area contributed by atoms with Crippen molar-refractivity contribution in [3.8, 4) is 11.5 Å². The van der Waals surface area contributed by atoms with Gasteiger partial charge in [0.25, 0.3) is 5.91 Å². The lowest BCUT2D eigenvalue weighted by molar-refractivity contribution is 0.0747. The Morgan fingerprint density at radius 2 is 1.42 bits per heavy atom. The molecule has 4 rings (SSSR count). The maximum atomic E-state index is 13.8. The maximum absolute atomic E-state index is 13.8. The number of benzene rings is 3. The molecule has 1 aliphatic heterocycles. The molecule has 1 saturated heterocycles. The molecule has 190 valence electrons. The van der Waals surface area contributed by atoms with Gasteiger partial charge in [-0.1, -0.05) is 48.5 Å². The molecule has 0 bridgehead atoms. The van der Waals surface area contributed by atoms with Crippen LogP contribution < -0.4 is 18.7 Å². The lowest BCUT2D eigenvalue weighted by Crippen LogP contribution is -2.49. The first kappa shape index (κ1) is 25.4. The van der Waals surface area contributed by atoms with E-state index in [9.17, 15) is 13.2 Å². The molecule has 0 N–H and O–H groups in total. The van der Waals surface area contributed by atoms with E-state index < -0.39 is 10.0 Å². The summed E-state index contributed by atoms with van der Waals surface area (Å²) < 4.78 is 38.1. The zero-order chi connectivity index (χ0) is 25.7. The van der Waals surface area contributed by atoms with E-state index in [1.54, 1.807) is 17.0 Å². The fraction of sp³-hybridized carbons (Fsp3) is 0.296. The van der Waals surface area contributed by atoms with Crippen LogP contribution in [0, 0.1) is 0 Å². The van der Waals surface area contributed by atoms with Gasteiger partial charge in [0.2, 0.25) is 10.0 Å². The smallest absolute Gasteiger partial charge is 0.256 e. The Bertz CT molecular complexity index is 1290. The number of hydrogen-bond acceptors (Lipinski definition) is 6. The minimum Gasteiger partial charge on any atom is -0.493 e. The fourth-order valence-electron chi connectivity index (χ4n) is 4.35. The van der Waals surface area contributed by atoms with Gasteiger partial charge in [-0.3, -0.25) is 9.10 Å². The average Bonchev–Trinajstić information content (AvgIpc) is 2.91. The number of carbonyl (C=O) groups excluding carboxylic acids is 1. The highest BCUT2D eigenvalue weighted by Gasteiger charge is 2.30. The predicted molar refractivity (Wildman–Crippen MR) is 142 cm³/mol. The quantitative estimate of drug-likeness (QED) is 0.462. The molecular weight excluding hydrogens is 478 g/mol. The van der Waals surface area contributed by atoms with Crippen LogP contribution >= 0.6 is 0 Å². The van der Waals surface area contributed by atoms with Gasteiger partial charge < -0.3 is 19.3 Å². The highest BCUT2D eigenvalue weighted by molar-refractivity contribution is 7.92. The van der Waals surface area contributed by atoms with Crippen molar-refractivity contribution in [1.29, 1.82) is 0 Å². The molecule has 3 aromatic rings. The molecule has 3 aromatic carbocycles. The zero-order valence-corrected chi connectivity index (χ0v) is 21.6. The summed E-state index contributed by atoms with van der Waals surface area (Å²) in [6, 6.07) is 22.5. The van der Waals surface area contributed by atoms with Gasteiger partial charge in [0, 0.05) is 37.9 Å². The number of ether oxygens (including phenoxy) is 2. The van der Waals surface area contributed by atoms with Crippen LogP contribution in [0.15, 0.2) is 72.8 Å². The number of methoxy groups -OCH3 is 2. The second-order valence-corrected chi connectivity index (χ2v) is 10.5.